The summed E-state index contributed by atoms with van der Waals surface area (Å²) in [5, 5.41) is 19.0. The lowest BCUT2D eigenvalue weighted by molar-refractivity contribution is -0.144. The van der Waals surface area contributed by atoms with E-state index in [0.29, 0.717) is 23.8 Å². The van der Waals surface area contributed by atoms with Gasteiger partial charge in [-0.2, -0.15) is 0 Å². The van der Waals surface area contributed by atoms with Crippen LogP contribution in [0.1, 0.15) is 57.2 Å². The van der Waals surface area contributed by atoms with Crippen molar-refractivity contribution >= 4 is 22.8 Å². The first-order valence-electron chi connectivity index (χ1n) is 11.3. The largest absolute Gasteiger partial charge is 0.480 e. The number of nitrogens with one attached hydrogen (secondary N) is 1. The normalized spacial score (nSPS) is 32.5. The van der Waals surface area contributed by atoms with E-state index >= 15 is 0 Å². The standard InChI is InChI=1S/C22H28N6O2/c1-2-12-9-14(27-8-6-15(13-3-4-13)19(27)22(29)30)10-16(12)21-26-25-18-11-24-20-17(28(18)21)5-7-23-20/h5,7,11-16,19,23H,2-4,6,8-10H2,1H3,(H,29,30)/t12-,14+,15?,16+,19+/m1/s1. The highest BCUT2D eigenvalue weighted by Gasteiger charge is 2.51. The molecule has 2 aliphatic carbocycles. The first-order valence-corrected chi connectivity index (χ1v) is 11.3. The van der Waals surface area contributed by atoms with Crippen molar-refractivity contribution in [1.29, 1.82) is 0 Å². The van der Waals surface area contributed by atoms with Gasteiger partial charge in [-0.1, -0.05) is 13.3 Å². The van der Waals surface area contributed by atoms with E-state index in [4.69, 9.17) is 0 Å². The van der Waals surface area contributed by atoms with Crippen LogP contribution in [-0.2, 0) is 4.79 Å². The molecule has 0 radical (unpaired) electrons. The van der Waals surface area contributed by atoms with Crippen molar-refractivity contribution in [2.24, 2.45) is 17.8 Å². The molecule has 3 fully saturated rings. The predicted octanol–water partition coefficient (Wildman–Crippen LogP) is 3.06. The smallest absolute Gasteiger partial charge is 0.321 e. The van der Waals surface area contributed by atoms with Crippen molar-refractivity contribution in [3.05, 3.63) is 24.3 Å². The van der Waals surface area contributed by atoms with Gasteiger partial charge in [0.15, 0.2) is 11.3 Å². The summed E-state index contributed by atoms with van der Waals surface area (Å²) in [6, 6.07) is 2.02. The van der Waals surface area contributed by atoms with E-state index in [2.05, 4.69) is 36.4 Å². The topological polar surface area (TPSA) is 99.4 Å². The number of aliphatic carboxylic acids is 1. The summed E-state index contributed by atoms with van der Waals surface area (Å²) in [6.07, 6.45) is 10.2. The van der Waals surface area contributed by atoms with Crippen LogP contribution >= 0.6 is 0 Å². The van der Waals surface area contributed by atoms with E-state index in [-0.39, 0.29) is 12.0 Å². The van der Waals surface area contributed by atoms with E-state index in [9.17, 15) is 9.90 Å². The first-order chi connectivity index (χ1) is 14.7. The van der Waals surface area contributed by atoms with Gasteiger partial charge in [-0.05, 0) is 62.5 Å². The van der Waals surface area contributed by atoms with Crippen LogP contribution in [0.25, 0.3) is 16.8 Å². The lowest BCUT2D eigenvalue weighted by Crippen LogP contribution is -2.45. The average molecular weight is 409 g/mol. The number of aromatic nitrogens is 5. The Morgan fingerprint density at radius 3 is 2.90 bits per heavy atom. The number of likely N-dealkylation sites (tertiary alicyclic amines) is 1. The molecule has 0 amide bonds. The molecule has 3 aliphatic rings. The molecule has 3 aromatic rings. The number of carboxylic acid groups (broad SMARTS) is 1. The Morgan fingerprint density at radius 1 is 1.27 bits per heavy atom. The van der Waals surface area contributed by atoms with Crippen molar-refractivity contribution in [2.75, 3.05) is 6.54 Å². The number of nitrogens with zero attached hydrogens (tertiary/aromatic N) is 5. The quantitative estimate of drug-likeness (QED) is 0.673. The van der Waals surface area contributed by atoms with Gasteiger partial charge < -0.3 is 10.1 Å². The minimum atomic E-state index is -0.631. The molecule has 1 saturated heterocycles. The molecule has 1 aliphatic heterocycles. The van der Waals surface area contributed by atoms with Gasteiger partial charge in [0.2, 0.25) is 0 Å². The minimum absolute atomic E-state index is 0.282. The summed E-state index contributed by atoms with van der Waals surface area (Å²) < 4.78 is 2.14. The van der Waals surface area contributed by atoms with E-state index in [1.54, 1.807) is 6.20 Å². The Kier molecular flexibility index (Phi) is 4.13. The summed E-state index contributed by atoms with van der Waals surface area (Å²) in [5.41, 5.74) is 2.61. The summed E-state index contributed by atoms with van der Waals surface area (Å²) in [7, 11) is 0. The fourth-order valence-electron chi connectivity index (χ4n) is 6.37. The number of rotatable bonds is 5. The molecule has 2 N–H and O–H groups in total. The van der Waals surface area contributed by atoms with Crippen LogP contribution in [0, 0.1) is 17.8 Å². The maximum absolute atomic E-state index is 12.2. The zero-order valence-electron chi connectivity index (χ0n) is 17.2. The van der Waals surface area contributed by atoms with Crippen molar-refractivity contribution in [3.8, 4) is 0 Å². The predicted molar refractivity (Wildman–Crippen MR) is 111 cm³/mol. The third-order valence-corrected chi connectivity index (χ3v) is 7.93. The van der Waals surface area contributed by atoms with Crippen molar-refractivity contribution < 1.29 is 9.90 Å². The van der Waals surface area contributed by atoms with Crippen LogP contribution in [0.15, 0.2) is 18.5 Å². The molecule has 8 nitrogen and oxygen atoms in total. The summed E-state index contributed by atoms with van der Waals surface area (Å²) >= 11 is 0. The van der Waals surface area contributed by atoms with E-state index in [1.165, 1.54) is 12.8 Å². The van der Waals surface area contributed by atoms with Crippen LogP contribution in [0.2, 0.25) is 0 Å². The minimum Gasteiger partial charge on any atom is -0.480 e. The average Bonchev–Trinajstić information content (AvgIpc) is 3.15. The summed E-state index contributed by atoms with van der Waals surface area (Å²) in [5.74, 6) is 2.10. The monoisotopic (exact) mass is 408 g/mol. The third-order valence-electron chi connectivity index (χ3n) is 7.93. The van der Waals surface area contributed by atoms with Gasteiger partial charge >= 0.3 is 5.97 Å². The maximum atomic E-state index is 12.2. The van der Waals surface area contributed by atoms with Crippen LogP contribution in [0.5, 0.6) is 0 Å². The number of H-pyrrole nitrogens is 1. The van der Waals surface area contributed by atoms with Crippen LogP contribution < -0.4 is 0 Å². The molecule has 5 atom stereocenters. The van der Waals surface area contributed by atoms with Crippen molar-refractivity contribution in [1.82, 2.24) is 29.5 Å². The number of fused-ring (bicyclic) bond motifs is 3. The Balaban J connectivity index is 1.34. The summed E-state index contributed by atoms with van der Waals surface area (Å²) in [4.78, 5) is 22.1. The number of aromatic amines is 1. The summed E-state index contributed by atoms with van der Waals surface area (Å²) in [6.45, 7) is 3.15. The van der Waals surface area contributed by atoms with Gasteiger partial charge in [0.05, 0.1) is 11.7 Å². The van der Waals surface area contributed by atoms with Crippen molar-refractivity contribution in [2.45, 2.75) is 63.5 Å². The Bertz CT molecular complexity index is 1100. The number of carboxylic acids is 1. The van der Waals surface area contributed by atoms with Crippen LogP contribution in [0.3, 0.4) is 0 Å². The fraction of sp³-hybridized carbons (Fsp3) is 0.636. The highest BCUT2D eigenvalue weighted by atomic mass is 16.4. The molecule has 6 rings (SSSR count). The zero-order valence-corrected chi connectivity index (χ0v) is 17.2. The fourth-order valence-corrected chi connectivity index (χ4v) is 6.37. The zero-order chi connectivity index (χ0) is 20.4. The highest BCUT2D eigenvalue weighted by molar-refractivity contribution is 5.75. The molecule has 2 saturated carbocycles. The van der Waals surface area contributed by atoms with Gasteiger partial charge in [0.1, 0.15) is 11.9 Å². The second-order valence-corrected chi connectivity index (χ2v) is 9.43. The second kappa shape index (κ2) is 6.77. The lowest BCUT2D eigenvalue weighted by Gasteiger charge is -2.30. The first kappa shape index (κ1) is 18.3. The molecule has 3 aromatic heterocycles. The molecule has 4 heterocycles. The highest BCUT2D eigenvalue weighted by Crippen LogP contribution is 2.49. The molecule has 8 heteroatoms. The Morgan fingerprint density at radius 2 is 2.13 bits per heavy atom. The van der Waals surface area contributed by atoms with Gasteiger partial charge in [-0.15, -0.1) is 10.2 Å². The Hall–Kier alpha value is -2.48. The van der Waals surface area contributed by atoms with E-state index in [0.717, 1.165) is 54.9 Å². The number of carbonyl (C=O) groups is 1. The SMILES string of the molecule is CC[C@@H]1C[C@H](N2CCC(C3CC3)[C@H]2C(=O)O)C[C@@H]1c1nnc2cnc3[nH]ccc3n12. The number of hydrogen-bond acceptors (Lipinski definition) is 5. The van der Waals surface area contributed by atoms with Crippen molar-refractivity contribution in [3.63, 3.8) is 0 Å². The molecule has 0 bridgehead atoms. The van der Waals surface area contributed by atoms with Crippen LogP contribution in [-0.4, -0.2) is 59.2 Å². The lowest BCUT2D eigenvalue weighted by atomic mass is 9.93. The van der Waals surface area contributed by atoms with E-state index < -0.39 is 5.97 Å². The third kappa shape index (κ3) is 2.69. The Labute approximate surface area is 174 Å². The number of hydrogen-bond donors (Lipinski definition) is 2. The molecule has 30 heavy (non-hydrogen) atoms. The molecule has 0 aromatic carbocycles. The van der Waals surface area contributed by atoms with Crippen LogP contribution in [0.4, 0.5) is 0 Å². The molecular weight excluding hydrogens is 380 g/mol. The second-order valence-electron chi connectivity index (χ2n) is 9.43. The van der Waals surface area contributed by atoms with Gasteiger partial charge in [-0.3, -0.25) is 14.1 Å². The maximum Gasteiger partial charge on any atom is 0.321 e. The van der Waals surface area contributed by atoms with E-state index in [1.807, 2.05) is 12.3 Å². The van der Waals surface area contributed by atoms with Gasteiger partial charge in [-0.25, -0.2) is 4.98 Å². The molecule has 158 valence electrons. The molecule has 1 unspecified atom stereocenters. The van der Waals surface area contributed by atoms with Gasteiger partial charge in [0, 0.05) is 18.2 Å². The molecular formula is C22H28N6O2. The molecule has 0 spiro atoms. The van der Waals surface area contributed by atoms with Gasteiger partial charge in [0.25, 0.3) is 0 Å².